The van der Waals surface area contributed by atoms with Crippen LogP contribution in [0.4, 0.5) is 0 Å². The van der Waals surface area contributed by atoms with Gasteiger partial charge in [0.05, 0.1) is 35.5 Å². The minimum Gasteiger partial charge on any atom is -0.497 e. The highest BCUT2D eigenvalue weighted by Gasteiger charge is 2.28. The van der Waals surface area contributed by atoms with E-state index in [1.807, 2.05) is 36.4 Å². The first-order valence-electron chi connectivity index (χ1n) is 12.5. The molecule has 3 aromatic rings. The average Bonchev–Trinajstić information content (AvgIpc) is 2.97. The van der Waals surface area contributed by atoms with Crippen LogP contribution >= 0.6 is 0 Å². The minimum atomic E-state index is -1.02. The summed E-state index contributed by atoms with van der Waals surface area (Å²) < 4.78 is 26.5. The molecule has 2 amide bonds. The molecule has 0 fully saturated rings. The molecule has 3 rings (SSSR count). The summed E-state index contributed by atoms with van der Waals surface area (Å²) in [7, 11) is 7.87. The molecule has 2 N–H and O–H groups in total. The zero-order valence-electron chi connectivity index (χ0n) is 23.0. The van der Waals surface area contributed by atoms with Gasteiger partial charge in [0.1, 0.15) is 11.7 Å². The molecule has 0 radical (unpaired) electrons. The lowest BCUT2D eigenvalue weighted by molar-refractivity contribution is -0.131. The molecule has 0 saturated heterocycles. The van der Waals surface area contributed by atoms with Gasteiger partial charge in [-0.1, -0.05) is 24.3 Å². The molecule has 39 heavy (non-hydrogen) atoms. The molecule has 9 heteroatoms. The zero-order valence-corrected chi connectivity index (χ0v) is 23.0. The average molecular weight is 537 g/mol. The maximum Gasteiger partial charge on any atom is 0.237 e. The van der Waals surface area contributed by atoms with Crippen LogP contribution in [-0.4, -0.2) is 60.5 Å². The minimum absolute atomic E-state index is 0.347. The summed E-state index contributed by atoms with van der Waals surface area (Å²) in [5.41, 5.74) is 2.50. The quantitative estimate of drug-likeness (QED) is 0.304. The fourth-order valence-electron chi connectivity index (χ4n) is 4.15. The number of hydrogen-bond acceptors (Lipinski definition) is 7. The highest BCUT2D eigenvalue weighted by molar-refractivity contribution is 6.05. The number of rotatable bonds is 14. The van der Waals surface area contributed by atoms with Gasteiger partial charge in [0.25, 0.3) is 0 Å². The Labute approximate surface area is 229 Å². The molecule has 0 saturated carbocycles. The lowest BCUT2D eigenvalue weighted by atomic mass is 9.96. The van der Waals surface area contributed by atoms with Gasteiger partial charge >= 0.3 is 0 Å². The van der Waals surface area contributed by atoms with E-state index in [2.05, 4.69) is 10.6 Å². The Balaban J connectivity index is 1.66. The number of methoxy groups -OCH3 is 5. The second kappa shape index (κ2) is 14.5. The van der Waals surface area contributed by atoms with Crippen LogP contribution in [0.2, 0.25) is 0 Å². The van der Waals surface area contributed by atoms with Crippen LogP contribution < -0.4 is 34.3 Å². The largest absolute Gasteiger partial charge is 0.497 e. The summed E-state index contributed by atoms with van der Waals surface area (Å²) in [4.78, 5) is 26.5. The molecular formula is C30H36N2O7. The highest BCUT2D eigenvalue weighted by Crippen LogP contribution is 2.28. The van der Waals surface area contributed by atoms with Crippen LogP contribution in [0.25, 0.3) is 0 Å². The molecule has 9 nitrogen and oxygen atoms in total. The van der Waals surface area contributed by atoms with Crippen molar-refractivity contribution in [1.29, 1.82) is 0 Å². The maximum atomic E-state index is 13.3. The van der Waals surface area contributed by atoms with E-state index in [-0.39, 0.29) is 11.8 Å². The molecule has 208 valence electrons. The third-order valence-electron chi connectivity index (χ3n) is 6.30. The van der Waals surface area contributed by atoms with Crippen LogP contribution in [0.5, 0.6) is 28.7 Å². The predicted molar refractivity (Wildman–Crippen MR) is 148 cm³/mol. The van der Waals surface area contributed by atoms with Crippen molar-refractivity contribution in [1.82, 2.24) is 10.6 Å². The first-order valence-corrected chi connectivity index (χ1v) is 12.5. The topological polar surface area (TPSA) is 104 Å². The van der Waals surface area contributed by atoms with E-state index in [0.29, 0.717) is 60.2 Å². The van der Waals surface area contributed by atoms with Gasteiger partial charge in [0, 0.05) is 13.1 Å². The van der Waals surface area contributed by atoms with Gasteiger partial charge in [0.15, 0.2) is 23.0 Å². The molecule has 0 aliphatic carbocycles. The fourth-order valence-corrected chi connectivity index (χ4v) is 4.15. The fraction of sp³-hybridized carbons (Fsp3) is 0.333. The molecular weight excluding hydrogens is 500 g/mol. The van der Waals surface area contributed by atoms with Gasteiger partial charge in [-0.2, -0.15) is 0 Å². The Hall–Kier alpha value is -4.40. The summed E-state index contributed by atoms with van der Waals surface area (Å²) in [5, 5.41) is 5.82. The van der Waals surface area contributed by atoms with E-state index in [0.717, 1.165) is 11.1 Å². The highest BCUT2D eigenvalue weighted by atomic mass is 16.5. The number of nitrogens with one attached hydrogen (secondary N) is 2. The molecule has 0 heterocycles. The van der Waals surface area contributed by atoms with Gasteiger partial charge in [-0.25, -0.2) is 0 Å². The molecule has 0 spiro atoms. The smallest absolute Gasteiger partial charge is 0.237 e. The maximum absolute atomic E-state index is 13.3. The summed E-state index contributed by atoms with van der Waals surface area (Å²) in [6.45, 7) is 0.694. The predicted octanol–water partition coefficient (Wildman–Crippen LogP) is 3.53. The SMILES string of the molecule is COc1ccc(C(C(=O)NCCc2ccc(OC)c(OC)c2)C(=O)NCCc2ccc(OC)c(OC)c2)cc1. The third-order valence-corrected chi connectivity index (χ3v) is 6.30. The summed E-state index contributed by atoms with van der Waals surface area (Å²) in [6, 6.07) is 18.1. The molecule has 0 bridgehead atoms. The van der Waals surface area contributed by atoms with E-state index in [1.165, 1.54) is 0 Å². The zero-order chi connectivity index (χ0) is 28.2. The van der Waals surface area contributed by atoms with Crippen LogP contribution in [0.15, 0.2) is 60.7 Å². The van der Waals surface area contributed by atoms with Crippen molar-refractivity contribution >= 4 is 11.8 Å². The molecule has 0 aromatic heterocycles. The van der Waals surface area contributed by atoms with Crippen molar-refractivity contribution in [2.24, 2.45) is 0 Å². The van der Waals surface area contributed by atoms with Crippen molar-refractivity contribution in [3.63, 3.8) is 0 Å². The summed E-state index contributed by atoms with van der Waals surface area (Å²) >= 11 is 0. The first kappa shape index (κ1) is 29.2. The van der Waals surface area contributed by atoms with Crippen molar-refractivity contribution in [3.8, 4) is 28.7 Å². The van der Waals surface area contributed by atoms with Crippen molar-refractivity contribution < 1.29 is 33.3 Å². The monoisotopic (exact) mass is 536 g/mol. The van der Waals surface area contributed by atoms with Crippen LogP contribution in [0.3, 0.4) is 0 Å². The van der Waals surface area contributed by atoms with Gasteiger partial charge in [-0.3, -0.25) is 9.59 Å². The summed E-state index contributed by atoms with van der Waals surface area (Å²) in [5.74, 6) is 1.35. The lowest BCUT2D eigenvalue weighted by Crippen LogP contribution is -2.41. The molecule has 3 aromatic carbocycles. The second-order valence-corrected chi connectivity index (χ2v) is 8.67. The Bertz CT molecular complexity index is 1170. The Morgan fingerprint density at radius 1 is 0.590 bits per heavy atom. The molecule has 0 unspecified atom stereocenters. The van der Waals surface area contributed by atoms with E-state index in [1.54, 1.807) is 59.8 Å². The Morgan fingerprint density at radius 3 is 1.41 bits per heavy atom. The van der Waals surface area contributed by atoms with Crippen LogP contribution in [-0.2, 0) is 22.4 Å². The van der Waals surface area contributed by atoms with Gasteiger partial charge in [0.2, 0.25) is 11.8 Å². The van der Waals surface area contributed by atoms with Gasteiger partial charge < -0.3 is 34.3 Å². The number of carbonyl (C=O) groups excluding carboxylic acids is 2. The first-order chi connectivity index (χ1) is 18.9. The number of benzene rings is 3. The Kier molecular flexibility index (Phi) is 10.9. The lowest BCUT2D eigenvalue weighted by Gasteiger charge is -2.18. The molecule has 0 aliphatic rings. The van der Waals surface area contributed by atoms with Crippen molar-refractivity contribution in [2.75, 3.05) is 48.6 Å². The van der Waals surface area contributed by atoms with E-state index >= 15 is 0 Å². The van der Waals surface area contributed by atoms with E-state index in [9.17, 15) is 9.59 Å². The normalized spacial score (nSPS) is 10.5. The number of amides is 2. The second-order valence-electron chi connectivity index (χ2n) is 8.67. The van der Waals surface area contributed by atoms with Crippen LogP contribution in [0.1, 0.15) is 22.6 Å². The number of hydrogen-bond donors (Lipinski definition) is 2. The molecule has 0 atom stereocenters. The number of ether oxygens (including phenoxy) is 5. The molecule has 0 aliphatic heterocycles. The summed E-state index contributed by atoms with van der Waals surface area (Å²) in [6.07, 6.45) is 1.12. The van der Waals surface area contributed by atoms with Crippen LogP contribution in [0, 0.1) is 0 Å². The Morgan fingerprint density at radius 2 is 1.03 bits per heavy atom. The van der Waals surface area contributed by atoms with Crippen molar-refractivity contribution in [2.45, 2.75) is 18.8 Å². The van der Waals surface area contributed by atoms with Crippen molar-refractivity contribution in [3.05, 3.63) is 77.4 Å². The van der Waals surface area contributed by atoms with Gasteiger partial charge in [-0.15, -0.1) is 0 Å². The third kappa shape index (κ3) is 7.80. The van der Waals surface area contributed by atoms with E-state index < -0.39 is 5.92 Å². The number of carbonyl (C=O) groups is 2. The van der Waals surface area contributed by atoms with E-state index in [4.69, 9.17) is 23.7 Å². The standard InChI is InChI=1S/C30H36N2O7/c1-35-23-10-8-22(9-11-23)28(29(33)31-16-14-20-6-12-24(36-2)26(18-20)38-4)30(34)32-17-15-21-7-13-25(37-3)27(19-21)39-5/h6-13,18-19,28H,14-17H2,1-5H3,(H,31,33)(H,32,34). The van der Waals surface area contributed by atoms with Gasteiger partial charge in [-0.05, 0) is 65.9 Å².